The largest absolute Gasteiger partial charge is 0.383 e. The SMILES string of the molecule is COCCNCCC=C(C)c1cnccc1C. The predicted molar refractivity (Wildman–Crippen MR) is 72.0 cm³/mol. The van der Waals surface area contributed by atoms with Crippen molar-refractivity contribution in [2.75, 3.05) is 26.8 Å². The van der Waals surface area contributed by atoms with Crippen molar-refractivity contribution in [3.63, 3.8) is 0 Å². The Hall–Kier alpha value is -1.19. The van der Waals surface area contributed by atoms with E-state index in [0.717, 1.165) is 26.1 Å². The molecule has 0 fully saturated rings. The summed E-state index contributed by atoms with van der Waals surface area (Å²) >= 11 is 0. The van der Waals surface area contributed by atoms with Crippen LogP contribution in [-0.4, -0.2) is 31.8 Å². The molecule has 1 rings (SSSR count). The Balaban J connectivity index is 2.37. The van der Waals surface area contributed by atoms with Crippen LogP contribution in [0, 0.1) is 6.92 Å². The van der Waals surface area contributed by atoms with Crippen LogP contribution in [-0.2, 0) is 4.74 Å². The Bertz CT molecular complexity index is 361. The molecule has 3 heteroatoms. The molecule has 0 atom stereocenters. The molecule has 0 amide bonds. The third-order valence-corrected chi connectivity index (χ3v) is 2.72. The zero-order chi connectivity index (χ0) is 12.5. The minimum absolute atomic E-state index is 0.768. The van der Waals surface area contributed by atoms with Crippen molar-refractivity contribution in [3.05, 3.63) is 35.7 Å². The standard InChI is InChI=1S/C14H22N2O/c1-12(5-4-7-15-9-10-17-3)14-11-16-8-6-13(14)2/h5-6,8,11,15H,4,7,9-10H2,1-3H3. The highest BCUT2D eigenvalue weighted by molar-refractivity contribution is 5.65. The lowest BCUT2D eigenvalue weighted by atomic mass is 10.0. The first kappa shape index (κ1) is 13.9. The second kappa shape index (κ2) is 7.98. The summed E-state index contributed by atoms with van der Waals surface area (Å²) in [4.78, 5) is 4.16. The highest BCUT2D eigenvalue weighted by Gasteiger charge is 1.98. The van der Waals surface area contributed by atoms with Crippen molar-refractivity contribution in [1.82, 2.24) is 10.3 Å². The van der Waals surface area contributed by atoms with Crippen molar-refractivity contribution in [1.29, 1.82) is 0 Å². The number of allylic oxidation sites excluding steroid dienone is 1. The summed E-state index contributed by atoms with van der Waals surface area (Å²) in [5.41, 5.74) is 3.81. The number of ether oxygens (including phenoxy) is 1. The van der Waals surface area contributed by atoms with E-state index in [1.165, 1.54) is 16.7 Å². The minimum Gasteiger partial charge on any atom is -0.383 e. The van der Waals surface area contributed by atoms with Gasteiger partial charge in [-0.2, -0.15) is 0 Å². The molecule has 1 N–H and O–H groups in total. The van der Waals surface area contributed by atoms with Gasteiger partial charge in [-0.05, 0) is 49.6 Å². The van der Waals surface area contributed by atoms with Gasteiger partial charge in [-0.15, -0.1) is 0 Å². The summed E-state index contributed by atoms with van der Waals surface area (Å²) < 4.78 is 4.97. The fourth-order valence-electron chi connectivity index (χ4n) is 1.68. The first-order valence-electron chi connectivity index (χ1n) is 6.03. The first-order valence-corrected chi connectivity index (χ1v) is 6.03. The molecule has 94 valence electrons. The van der Waals surface area contributed by atoms with Crippen molar-refractivity contribution >= 4 is 5.57 Å². The molecule has 1 aromatic rings. The van der Waals surface area contributed by atoms with Crippen LogP contribution in [0.5, 0.6) is 0 Å². The van der Waals surface area contributed by atoms with E-state index in [2.05, 4.69) is 30.2 Å². The molecule has 0 aliphatic rings. The molecule has 1 aromatic heterocycles. The summed E-state index contributed by atoms with van der Waals surface area (Å²) in [6.07, 6.45) is 7.05. The lowest BCUT2D eigenvalue weighted by Crippen LogP contribution is -2.19. The van der Waals surface area contributed by atoms with Crippen LogP contribution < -0.4 is 5.32 Å². The van der Waals surface area contributed by atoms with Gasteiger partial charge in [0.25, 0.3) is 0 Å². The molecule has 0 radical (unpaired) electrons. The number of rotatable bonds is 7. The van der Waals surface area contributed by atoms with E-state index in [1.54, 1.807) is 7.11 Å². The van der Waals surface area contributed by atoms with Crippen LogP contribution in [0.1, 0.15) is 24.5 Å². The van der Waals surface area contributed by atoms with Crippen LogP contribution in [0.25, 0.3) is 5.57 Å². The summed E-state index contributed by atoms with van der Waals surface area (Å²) in [6.45, 7) is 6.92. The highest BCUT2D eigenvalue weighted by atomic mass is 16.5. The number of aryl methyl sites for hydroxylation is 1. The molecule has 1 heterocycles. The van der Waals surface area contributed by atoms with E-state index in [4.69, 9.17) is 4.74 Å². The van der Waals surface area contributed by atoms with Crippen molar-refractivity contribution in [3.8, 4) is 0 Å². The van der Waals surface area contributed by atoms with Gasteiger partial charge in [0.2, 0.25) is 0 Å². The second-order valence-corrected chi connectivity index (χ2v) is 4.11. The zero-order valence-electron chi connectivity index (χ0n) is 11.0. The maximum Gasteiger partial charge on any atom is 0.0587 e. The van der Waals surface area contributed by atoms with Gasteiger partial charge in [0.1, 0.15) is 0 Å². The summed E-state index contributed by atoms with van der Waals surface area (Å²) in [6, 6.07) is 2.05. The van der Waals surface area contributed by atoms with Crippen LogP contribution in [0.15, 0.2) is 24.5 Å². The number of hydrogen-bond acceptors (Lipinski definition) is 3. The lowest BCUT2D eigenvalue weighted by Gasteiger charge is -2.06. The van der Waals surface area contributed by atoms with Gasteiger partial charge in [0.05, 0.1) is 6.61 Å². The molecule has 0 bridgehead atoms. The van der Waals surface area contributed by atoms with Gasteiger partial charge in [-0.1, -0.05) is 6.08 Å². The fraction of sp³-hybridized carbons (Fsp3) is 0.500. The molecule has 0 saturated heterocycles. The maximum atomic E-state index is 4.97. The van der Waals surface area contributed by atoms with Gasteiger partial charge in [-0.25, -0.2) is 0 Å². The van der Waals surface area contributed by atoms with Gasteiger partial charge in [-0.3, -0.25) is 4.98 Å². The average Bonchev–Trinajstić information content (AvgIpc) is 2.34. The Morgan fingerprint density at radius 1 is 1.47 bits per heavy atom. The molecule has 17 heavy (non-hydrogen) atoms. The second-order valence-electron chi connectivity index (χ2n) is 4.11. The van der Waals surface area contributed by atoms with Crippen molar-refractivity contribution < 1.29 is 4.74 Å². The van der Waals surface area contributed by atoms with Gasteiger partial charge in [0.15, 0.2) is 0 Å². The Kier molecular flexibility index (Phi) is 6.51. The fourth-order valence-corrected chi connectivity index (χ4v) is 1.68. The van der Waals surface area contributed by atoms with Gasteiger partial charge in [0, 0.05) is 26.0 Å². The van der Waals surface area contributed by atoms with E-state index in [-0.39, 0.29) is 0 Å². The van der Waals surface area contributed by atoms with Crippen molar-refractivity contribution in [2.45, 2.75) is 20.3 Å². The Labute approximate surface area is 104 Å². The molecule has 0 unspecified atom stereocenters. The molecule has 0 spiro atoms. The number of nitrogens with one attached hydrogen (secondary N) is 1. The highest BCUT2D eigenvalue weighted by Crippen LogP contribution is 2.16. The first-order chi connectivity index (χ1) is 8.25. The third kappa shape index (κ3) is 5.11. The quantitative estimate of drug-likeness (QED) is 0.736. The summed E-state index contributed by atoms with van der Waals surface area (Å²) in [5, 5.41) is 3.32. The lowest BCUT2D eigenvalue weighted by molar-refractivity contribution is 0.199. The van der Waals surface area contributed by atoms with Crippen LogP contribution in [0.3, 0.4) is 0 Å². The maximum absolute atomic E-state index is 4.97. The van der Waals surface area contributed by atoms with E-state index in [9.17, 15) is 0 Å². The number of nitrogens with zero attached hydrogens (tertiary/aromatic N) is 1. The number of pyridine rings is 1. The Morgan fingerprint density at radius 2 is 2.29 bits per heavy atom. The van der Waals surface area contributed by atoms with E-state index in [1.807, 2.05) is 18.5 Å². The van der Waals surface area contributed by atoms with Crippen LogP contribution in [0.2, 0.25) is 0 Å². The molecule has 0 aliphatic heterocycles. The van der Waals surface area contributed by atoms with Crippen LogP contribution >= 0.6 is 0 Å². The summed E-state index contributed by atoms with van der Waals surface area (Å²) in [7, 11) is 1.72. The topological polar surface area (TPSA) is 34.1 Å². The minimum atomic E-state index is 0.768. The number of aromatic nitrogens is 1. The molecule has 3 nitrogen and oxygen atoms in total. The number of methoxy groups -OCH3 is 1. The molecule has 0 aliphatic carbocycles. The van der Waals surface area contributed by atoms with E-state index in [0.29, 0.717) is 0 Å². The molecule has 0 aromatic carbocycles. The third-order valence-electron chi connectivity index (χ3n) is 2.72. The van der Waals surface area contributed by atoms with Gasteiger partial charge >= 0.3 is 0 Å². The molecular formula is C14H22N2O. The molecule has 0 saturated carbocycles. The van der Waals surface area contributed by atoms with Crippen molar-refractivity contribution in [2.24, 2.45) is 0 Å². The van der Waals surface area contributed by atoms with Crippen LogP contribution in [0.4, 0.5) is 0 Å². The number of hydrogen-bond donors (Lipinski definition) is 1. The smallest absolute Gasteiger partial charge is 0.0587 e. The van der Waals surface area contributed by atoms with E-state index >= 15 is 0 Å². The molecular weight excluding hydrogens is 212 g/mol. The Morgan fingerprint density at radius 3 is 3.00 bits per heavy atom. The average molecular weight is 234 g/mol. The monoisotopic (exact) mass is 234 g/mol. The van der Waals surface area contributed by atoms with Gasteiger partial charge < -0.3 is 10.1 Å². The summed E-state index contributed by atoms with van der Waals surface area (Å²) in [5.74, 6) is 0. The van der Waals surface area contributed by atoms with E-state index < -0.39 is 0 Å². The predicted octanol–water partition coefficient (Wildman–Crippen LogP) is 2.42. The normalized spacial score (nSPS) is 11.8. The zero-order valence-corrected chi connectivity index (χ0v) is 11.0.